The average Bonchev–Trinajstić information content (AvgIpc) is 3.07. The molecule has 0 radical (unpaired) electrons. The molecule has 27 heavy (non-hydrogen) atoms. The Hall–Kier alpha value is -2.88. The summed E-state index contributed by atoms with van der Waals surface area (Å²) in [6, 6.07) is 5.83. The minimum atomic E-state index is -0.915. The Labute approximate surface area is 158 Å². The Morgan fingerprint density at radius 1 is 1.33 bits per heavy atom. The van der Waals surface area contributed by atoms with Gasteiger partial charge >= 0.3 is 5.69 Å². The topological polar surface area (TPSA) is 115 Å². The summed E-state index contributed by atoms with van der Waals surface area (Å²) in [7, 11) is 1.73. The van der Waals surface area contributed by atoms with Gasteiger partial charge in [0.15, 0.2) is 5.82 Å². The largest absolute Gasteiger partial charge is 0.347 e. The summed E-state index contributed by atoms with van der Waals surface area (Å²) in [5.41, 5.74) is -0.632. The highest BCUT2D eigenvalue weighted by Gasteiger charge is 2.24. The molecule has 10 heteroatoms. The van der Waals surface area contributed by atoms with E-state index in [-0.39, 0.29) is 6.54 Å². The highest BCUT2D eigenvalue weighted by Crippen LogP contribution is 2.13. The van der Waals surface area contributed by atoms with Gasteiger partial charge in [0.2, 0.25) is 5.91 Å². The van der Waals surface area contributed by atoms with Crippen LogP contribution in [0, 0.1) is 0 Å². The number of H-pyrrole nitrogens is 1. The number of aromatic amines is 1. The summed E-state index contributed by atoms with van der Waals surface area (Å²) in [6.07, 6.45) is 3.79. The highest BCUT2D eigenvalue weighted by atomic mass is 32.2. The van der Waals surface area contributed by atoms with Gasteiger partial charge in [-0.25, -0.2) is 14.3 Å². The zero-order valence-corrected chi connectivity index (χ0v) is 15.8. The summed E-state index contributed by atoms with van der Waals surface area (Å²) in [6.45, 7) is 0.121. The van der Waals surface area contributed by atoms with Gasteiger partial charge in [-0.1, -0.05) is 12.1 Å². The van der Waals surface area contributed by atoms with E-state index in [1.54, 1.807) is 31.3 Å². The van der Waals surface area contributed by atoms with Crippen molar-refractivity contribution in [2.45, 2.75) is 19.0 Å². The number of nitrogens with one attached hydrogen (secondary N) is 2. The van der Waals surface area contributed by atoms with Crippen LogP contribution in [-0.4, -0.2) is 42.2 Å². The minimum Gasteiger partial charge on any atom is -0.347 e. The van der Waals surface area contributed by atoms with E-state index in [0.29, 0.717) is 28.9 Å². The lowest BCUT2D eigenvalue weighted by molar-refractivity contribution is -0.124. The van der Waals surface area contributed by atoms with Crippen LogP contribution in [0.2, 0.25) is 0 Å². The first-order valence-corrected chi connectivity index (χ1v) is 9.75. The lowest BCUT2D eigenvalue weighted by Crippen LogP contribution is -2.44. The fraction of sp³-hybridized carbons (Fsp3) is 0.353. The van der Waals surface area contributed by atoms with Crippen LogP contribution in [0.15, 0.2) is 40.2 Å². The average molecular weight is 388 g/mol. The van der Waals surface area contributed by atoms with Crippen LogP contribution in [0.4, 0.5) is 0 Å². The number of aromatic nitrogens is 5. The lowest BCUT2D eigenvalue weighted by Gasteiger charge is -2.18. The molecule has 9 nitrogen and oxygen atoms in total. The molecule has 3 rings (SSSR count). The van der Waals surface area contributed by atoms with Gasteiger partial charge < -0.3 is 10.3 Å². The molecule has 0 saturated heterocycles. The van der Waals surface area contributed by atoms with Crippen LogP contribution in [-0.2, 0) is 18.4 Å². The molecule has 142 valence electrons. The second-order valence-electron chi connectivity index (χ2n) is 6.00. The zero-order valence-electron chi connectivity index (χ0n) is 15.0. The monoisotopic (exact) mass is 388 g/mol. The van der Waals surface area contributed by atoms with E-state index >= 15 is 0 Å². The summed E-state index contributed by atoms with van der Waals surface area (Å²) >= 11 is 1.54. The molecule has 2 heterocycles. The van der Waals surface area contributed by atoms with Crippen molar-refractivity contribution >= 4 is 28.6 Å². The number of rotatable bonds is 7. The summed E-state index contributed by atoms with van der Waals surface area (Å²) in [4.78, 5) is 44.9. The maximum Gasteiger partial charge on any atom is 0.329 e. The first-order valence-electron chi connectivity index (χ1n) is 8.36. The van der Waals surface area contributed by atoms with Gasteiger partial charge in [0.25, 0.3) is 5.56 Å². The molecule has 2 aromatic heterocycles. The maximum atomic E-state index is 12.9. The van der Waals surface area contributed by atoms with Crippen molar-refractivity contribution in [1.29, 1.82) is 0 Å². The number of amides is 1. The standard InChI is InChI=1S/C17H20N6O3S/c1-22-10-19-14(21-22)9-18-15(24)13(7-8-27-2)23-16(25)11-5-3-4-6-12(11)20-17(23)26/h3-6,10,13H,7-9H2,1-2H3,(H,18,24)(H,20,26). The first kappa shape index (κ1) is 18.9. The molecule has 0 saturated carbocycles. The molecule has 0 aliphatic rings. The molecule has 0 bridgehead atoms. The summed E-state index contributed by atoms with van der Waals surface area (Å²) in [5, 5.41) is 7.19. The van der Waals surface area contributed by atoms with Crippen LogP contribution in [0.3, 0.4) is 0 Å². The number of para-hydroxylation sites is 1. The van der Waals surface area contributed by atoms with Crippen molar-refractivity contribution < 1.29 is 4.79 Å². The summed E-state index contributed by atoms with van der Waals surface area (Å²) < 4.78 is 2.53. The number of carbonyl (C=O) groups is 1. The second-order valence-corrected chi connectivity index (χ2v) is 6.99. The molecule has 0 aliphatic heterocycles. The van der Waals surface area contributed by atoms with Crippen molar-refractivity contribution in [3.05, 3.63) is 57.3 Å². The lowest BCUT2D eigenvalue weighted by atomic mass is 10.2. The Balaban J connectivity index is 1.94. The second kappa shape index (κ2) is 8.21. The van der Waals surface area contributed by atoms with Crippen molar-refractivity contribution in [3.63, 3.8) is 0 Å². The number of benzene rings is 1. The fourth-order valence-corrected chi connectivity index (χ4v) is 3.27. The Bertz CT molecular complexity index is 1070. The molecule has 0 spiro atoms. The molecule has 0 fully saturated rings. The molecular formula is C17H20N6O3S. The number of aryl methyl sites for hydroxylation is 1. The Kier molecular flexibility index (Phi) is 5.75. The number of thioether (sulfide) groups is 1. The molecule has 3 aromatic rings. The Morgan fingerprint density at radius 3 is 2.81 bits per heavy atom. The van der Waals surface area contributed by atoms with Crippen molar-refractivity contribution in [3.8, 4) is 0 Å². The number of fused-ring (bicyclic) bond motifs is 1. The van der Waals surface area contributed by atoms with E-state index in [9.17, 15) is 14.4 Å². The first-order chi connectivity index (χ1) is 13.0. The van der Waals surface area contributed by atoms with Crippen molar-refractivity contribution in [2.24, 2.45) is 7.05 Å². The molecule has 1 atom stereocenters. The molecule has 0 aliphatic carbocycles. The van der Waals surface area contributed by atoms with Gasteiger partial charge in [-0.15, -0.1) is 0 Å². The van der Waals surface area contributed by atoms with E-state index in [2.05, 4.69) is 20.4 Å². The number of hydrogen-bond acceptors (Lipinski definition) is 6. The van der Waals surface area contributed by atoms with Crippen LogP contribution < -0.4 is 16.6 Å². The molecule has 1 unspecified atom stereocenters. The molecular weight excluding hydrogens is 368 g/mol. The van der Waals surface area contributed by atoms with Gasteiger partial charge in [0, 0.05) is 7.05 Å². The zero-order chi connectivity index (χ0) is 19.4. The van der Waals surface area contributed by atoms with Crippen molar-refractivity contribution in [2.75, 3.05) is 12.0 Å². The van der Waals surface area contributed by atoms with Crippen molar-refractivity contribution in [1.82, 2.24) is 29.6 Å². The molecule has 1 aromatic carbocycles. The van der Waals surface area contributed by atoms with E-state index in [4.69, 9.17) is 0 Å². The van der Waals surface area contributed by atoms with E-state index in [0.717, 1.165) is 4.57 Å². The highest BCUT2D eigenvalue weighted by molar-refractivity contribution is 7.98. The Morgan fingerprint density at radius 2 is 2.11 bits per heavy atom. The van der Waals surface area contributed by atoms with E-state index in [1.807, 2.05) is 6.26 Å². The number of nitrogens with zero attached hydrogens (tertiary/aromatic N) is 4. The predicted octanol–water partition coefficient (Wildman–Crippen LogP) is 0.429. The smallest absolute Gasteiger partial charge is 0.329 e. The molecule has 2 N–H and O–H groups in total. The molecule has 1 amide bonds. The van der Waals surface area contributed by atoms with E-state index in [1.165, 1.54) is 22.8 Å². The van der Waals surface area contributed by atoms with Crippen LogP contribution in [0.1, 0.15) is 18.3 Å². The number of hydrogen-bond donors (Lipinski definition) is 2. The number of carbonyl (C=O) groups excluding carboxylic acids is 1. The normalized spacial score (nSPS) is 12.2. The van der Waals surface area contributed by atoms with Crippen LogP contribution in [0.5, 0.6) is 0 Å². The van der Waals surface area contributed by atoms with E-state index < -0.39 is 23.2 Å². The van der Waals surface area contributed by atoms with Gasteiger partial charge in [-0.05, 0) is 30.6 Å². The van der Waals surface area contributed by atoms with Gasteiger partial charge in [-0.2, -0.15) is 16.9 Å². The van der Waals surface area contributed by atoms with Crippen LogP contribution >= 0.6 is 11.8 Å². The third-order valence-corrected chi connectivity index (χ3v) is 4.76. The fourth-order valence-electron chi connectivity index (χ4n) is 2.81. The minimum absolute atomic E-state index is 0.121. The van der Waals surface area contributed by atoms with Gasteiger partial charge in [-0.3, -0.25) is 14.3 Å². The predicted molar refractivity (Wildman–Crippen MR) is 104 cm³/mol. The van der Waals surface area contributed by atoms with Crippen LogP contribution in [0.25, 0.3) is 10.9 Å². The maximum absolute atomic E-state index is 12.9. The quantitative estimate of drug-likeness (QED) is 0.607. The summed E-state index contributed by atoms with van der Waals surface area (Å²) in [5.74, 6) is 0.659. The van der Waals surface area contributed by atoms with Gasteiger partial charge in [0.1, 0.15) is 12.4 Å². The third-order valence-electron chi connectivity index (χ3n) is 4.11. The third kappa shape index (κ3) is 4.11. The van der Waals surface area contributed by atoms with Gasteiger partial charge in [0.05, 0.1) is 17.4 Å². The SMILES string of the molecule is CSCCC(C(=O)NCc1ncn(C)n1)n1c(=O)[nH]c2ccccc2c1=O.